The SMILES string of the molecule is COc1c(/C(C)=C/C(=O)Nc2ccccc2C)cc2c(-c3ccc(C)cc3C)coc2c1C. The molecule has 3 aromatic carbocycles. The summed E-state index contributed by atoms with van der Waals surface area (Å²) in [6.07, 6.45) is 3.43. The van der Waals surface area contributed by atoms with Gasteiger partial charge in [-0.25, -0.2) is 0 Å². The van der Waals surface area contributed by atoms with Crippen LogP contribution in [0.4, 0.5) is 5.69 Å². The molecule has 0 aliphatic rings. The lowest BCUT2D eigenvalue weighted by Crippen LogP contribution is -2.09. The van der Waals surface area contributed by atoms with E-state index in [-0.39, 0.29) is 5.91 Å². The summed E-state index contributed by atoms with van der Waals surface area (Å²) in [5, 5.41) is 3.97. The first-order chi connectivity index (χ1) is 15.8. The lowest BCUT2D eigenvalue weighted by atomic mass is 9.94. The van der Waals surface area contributed by atoms with E-state index in [2.05, 4.69) is 43.4 Å². The molecule has 0 spiro atoms. The van der Waals surface area contributed by atoms with E-state index >= 15 is 0 Å². The van der Waals surface area contributed by atoms with Crippen molar-refractivity contribution in [1.82, 2.24) is 0 Å². The highest BCUT2D eigenvalue weighted by Gasteiger charge is 2.19. The molecule has 0 aliphatic heterocycles. The van der Waals surface area contributed by atoms with Crippen LogP contribution in [0.5, 0.6) is 5.75 Å². The average molecular weight is 440 g/mol. The maximum absolute atomic E-state index is 12.8. The molecule has 168 valence electrons. The second kappa shape index (κ2) is 8.99. The fraction of sp³-hybridized carbons (Fsp3) is 0.207. The predicted molar refractivity (Wildman–Crippen MR) is 136 cm³/mol. The van der Waals surface area contributed by atoms with Gasteiger partial charge in [0.1, 0.15) is 11.3 Å². The number of carbonyl (C=O) groups is 1. The molecule has 1 aromatic heterocycles. The zero-order valence-corrected chi connectivity index (χ0v) is 20.0. The molecule has 0 fully saturated rings. The van der Waals surface area contributed by atoms with Crippen LogP contribution in [-0.4, -0.2) is 13.0 Å². The quantitative estimate of drug-likeness (QED) is 0.330. The van der Waals surface area contributed by atoms with Gasteiger partial charge in [0.25, 0.3) is 0 Å². The van der Waals surface area contributed by atoms with E-state index in [9.17, 15) is 4.79 Å². The number of rotatable bonds is 5. The molecular formula is C29H29NO3. The molecule has 0 aliphatic carbocycles. The summed E-state index contributed by atoms with van der Waals surface area (Å²) in [5.41, 5.74) is 9.79. The van der Waals surface area contributed by atoms with Gasteiger partial charge in [0, 0.05) is 33.8 Å². The fourth-order valence-corrected chi connectivity index (χ4v) is 4.35. The zero-order valence-electron chi connectivity index (χ0n) is 20.0. The number of para-hydroxylation sites is 1. The lowest BCUT2D eigenvalue weighted by Gasteiger charge is -2.14. The van der Waals surface area contributed by atoms with E-state index in [4.69, 9.17) is 9.15 Å². The Labute approximate surface area is 194 Å². The van der Waals surface area contributed by atoms with Gasteiger partial charge in [-0.15, -0.1) is 0 Å². The minimum Gasteiger partial charge on any atom is -0.496 e. The number of ether oxygens (including phenoxy) is 1. The standard InChI is InChI=1S/C29H29NO3/c1-17-11-12-22(19(3)13-17)25-16-33-29-21(5)28(32-6)23(15-24(25)29)20(4)14-27(31)30-26-10-8-7-9-18(26)2/h7-16H,1-6H3,(H,30,31)/b20-14+. The van der Waals surface area contributed by atoms with Crippen molar-refractivity contribution in [3.8, 4) is 16.9 Å². The van der Waals surface area contributed by atoms with E-state index in [1.54, 1.807) is 13.2 Å². The molecule has 33 heavy (non-hydrogen) atoms. The van der Waals surface area contributed by atoms with Crippen LogP contribution >= 0.6 is 0 Å². The lowest BCUT2D eigenvalue weighted by molar-refractivity contribution is -0.111. The number of fused-ring (bicyclic) bond motifs is 1. The van der Waals surface area contributed by atoms with Gasteiger partial charge in [0.2, 0.25) is 5.91 Å². The summed E-state index contributed by atoms with van der Waals surface area (Å²) in [5.74, 6) is 0.532. The number of anilines is 1. The van der Waals surface area contributed by atoms with Crippen molar-refractivity contribution in [2.45, 2.75) is 34.6 Å². The molecule has 0 unspecified atom stereocenters. The van der Waals surface area contributed by atoms with Gasteiger partial charge in [0.15, 0.2) is 0 Å². The average Bonchev–Trinajstić information content (AvgIpc) is 3.19. The van der Waals surface area contributed by atoms with E-state index in [0.29, 0.717) is 5.75 Å². The van der Waals surface area contributed by atoms with Gasteiger partial charge in [-0.05, 0) is 69.0 Å². The highest BCUT2D eigenvalue weighted by Crippen LogP contribution is 2.41. The number of nitrogens with one attached hydrogen (secondary N) is 1. The van der Waals surface area contributed by atoms with E-state index < -0.39 is 0 Å². The summed E-state index contributed by atoms with van der Waals surface area (Å²) in [7, 11) is 1.65. The van der Waals surface area contributed by atoms with Gasteiger partial charge < -0.3 is 14.5 Å². The van der Waals surface area contributed by atoms with Crippen molar-refractivity contribution < 1.29 is 13.9 Å². The Morgan fingerprint density at radius 2 is 1.73 bits per heavy atom. The minimum absolute atomic E-state index is 0.177. The minimum atomic E-state index is -0.177. The number of hydrogen-bond donors (Lipinski definition) is 1. The van der Waals surface area contributed by atoms with Crippen LogP contribution in [0.25, 0.3) is 27.7 Å². The van der Waals surface area contributed by atoms with Crippen LogP contribution in [0.3, 0.4) is 0 Å². The number of allylic oxidation sites excluding steroid dienone is 1. The second-order valence-electron chi connectivity index (χ2n) is 8.56. The van der Waals surface area contributed by atoms with Crippen LogP contribution < -0.4 is 10.1 Å². The molecular weight excluding hydrogens is 410 g/mol. The number of aryl methyl sites for hydroxylation is 4. The van der Waals surface area contributed by atoms with Crippen molar-refractivity contribution in [3.63, 3.8) is 0 Å². The Bertz CT molecular complexity index is 1390. The third-order valence-electron chi connectivity index (χ3n) is 6.10. The number of hydrogen-bond acceptors (Lipinski definition) is 3. The molecule has 4 aromatic rings. The second-order valence-corrected chi connectivity index (χ2v) is 8.56. The van der Waals surface area contributed by atoms with Gasteiger partial charge in [-0.2, -0.15) is 0 Å². The normalized spacial score (nSPS) is 11.6. The van der Waals surface area contributed by atoms with Crippen molar-refractivity contribution >= 4 is 28.1 Å². The fourth-order valence-electron chi connectivity index (χ4n) is 4.35. The first kappa shape index (κ1) is 22.4. The Hall–Kier alpha value is -3.79. The Morgan fingerprint density at radius 3 is 2.42 bits per heavy atom. The van der Waals surface area contributed by atoms with E-state index in [0.717, 1.165) is 50.0 Å². The van der Waals surface area contributed by atoms with Crippen molar-refractivity contribution in [2.75, 3.05) is 12.4 Å². The number of methoxy groups -OCH3 is 1. The Kier molecular flexibility index (Phi) is 6.10. The summed E-state index contributed by atoms with van der Waals surface area (Å²) in [4.78, 5) is 12.8. The molecule has 1 amide bonds. The molecule has 0 atom stereocenters. The van der Waals surface area contributed by atoms with Crippen LogP contribution in [0, 0.1) is 27.7 Å². The van der Waals surface area contributed by atoms with Crippen molar-refractivity contribution in [1.29, 1.82) is 0 Å². The van der Waals surface area contributed by atoms with Gasteiger partial charge in [0.05, 0.1) is 13.4 Å². The third kappa shape index (κ3) is 4.29. The van der Waals surface area contributed by atoms with Crippen LogP contribution in [-0.2, 0) is 4.79 Å². The number of carbonyl (C=O) groups excluding carboxylic acids is 1. The summed E-state index contributed by atoms with van der Waals surface area (Å²) >= 11 is 0. The Morgan fingerprint density at radius 1 is 0.970 bits per heavy atom. The highest BCUT2D eigenvalue weighted by molar-refractivity contribution is 6.06. The molecule has 0 bridgehead atoms. The summed E-state index contributed by atoms with van der Waals surface area (Å²) < 4.78 is 11.7. The molecule has 4 heteroatoms. The summed E-state index contributed by atoms with van der Waals surface area (Å²) in [6, 6.07) is 16.2. The molecule has 4 rings (SSSR count). The van der Waals surface area contributed by atoms with Gasteiger partial charge in [-0.1, -0.05) is 42.0 Å². The number of amides is 1. The first-order valence-electron chi connectivity index (χ1n) is 11.0. The van der Waals surface area contributed by atoms with E-state index in [1.807, 2.05) is 51.3 Å². The topological polar surface area (TPSA) is 51.5 Å². The molecule has 0 saturated carbocycles. The van der Waals surface area contributed by atoms with Crippen molar-refractivity contribution in [3.05, 3.63) is 88.7 Å². The monoisotopic (exact) mass is 439 g/mol. The zero-order chi connectivity index (χ0) is 23.7. The highest BCUT2D eigenvalue weighted by atomic mass is 16.5. The van der Waals surface area contributed by atoms with E-state index in [1.165, 1.54) is 11.1 Å². The Balaban J connectivity index is 1.80. The maximum atomic E-state index is 12.8. The van der Waals surface area contributed by atoms with Gasteiger partial charge in [-0.3, -0.25) is 4.79 Å². The molecule has 1 N–H and O–H groups in total. The molecule has 1 heterocycles. The number of furan rings is 1. The summed E-state index contributed by atoms with van der Waals surface area (Å²) in [6.45, 7) is 10.1. The van der Waals surface area contributed by atoms with Crippen LogP contribution in [0.15, 0.2) is 65.3 Å². The van der Waals surface area contributed by atoms with Gasteiger partial charge >= 0.3 is 0 Å². The van der Waals surface area contributed by atoms with Crippen molar-refractivity contribution in [2.24, 2.45) is 0 Å². The largest absolute Gasteiger partial charge is 0.496 e. The molecule has 4 nitrogen and oxygen atoms in total. The smallest absolute Gasteiger partial charge is 0.248 e. The third-order valence-corrected chi connectivity index (χ3v) is 6.10. The van der Waals surface area contributed by atoms with Crippen LogP contribution in [0.1, 0.15) is 34.7 Å². The molecule has 0 saturated heterocycles. The number of benzene rings is 3. The van der Waals surface area contributed by atoms with Crippen LogP contribution in [0.2, 0.25) is 0 Å². The molecule has 0 radical (unpaired) electrons. The first-order valence-corrected chi connectivity index (χ1v) is 11.0. The maximum Gasteiger partial charge on any atom is 0.248 e. The predicted octanol–water partition coefficient (Wildman–Crippen LogP) is 7.38.